The molecule has 1 saturated carbocycles. The molecule has 1 aliphatic carbocycles. The van der Waals surface area contributed by atoms with Crippen LogP contribution >= 0.6 is 0 Å². The van der Waals surface area contributed by atoms with Gasteiger partial charge >= 0.3 is 0 Å². The lowest BCUT2D eigenvalue weighted by atomic mass is 10.0. The van der Waals surface area contributed by atoms with Crippen LogP contribution in [0.3, 0.4) is 0 Å². The zero-order valence-electron chi connectivity index (χ0n) is 11.7. The Morgan fingerprint density at radius 2 is 2.15 bits per heavy atom. The van der Waals surface area contributed by atoms with Crippen molar-refractivity contribution in [2.45, 2.75) is 38.3 Å². The lowest BCUT2D eigenvalue weighted by Gasteiger charge is -2.17. The summed E-state index contributed by atoms with van der Waals surface area (Å²) in [5, 5.41) is 14.3. The first kappa shape index (κ1) is 13.1. The van der Waals surface area contributed by atoms with E-state index in [1.165, 1.54) is 18.4 Å². The van der Waals surface area contributed by atoms with Gasteiger partial charge in [-0.2, -0.15) is 15.4 Å². The topological polar surface area (TPSA) is 62.8 Å². The molecule has 1 unspecified atom stereocenters. The van der Waals surface area contributed by atoms with Crippen LogP contribution in [0, 0.1) is 0 Å². The van der Waals surface area contributed by atoms with Gasteiger partial charge in [0.25, 0.3) is 0 Å². The zero-order valence-corrected chi connectivity index (χ0v) is 11.7. The minimum atomic E-state index is 0.0728. The van der Waals surface area contributed by atoms with Crippen LogP contribution in [0.15, 0.2) is 30.5 Å². The van der Waals surface area contributed by atoms with Gasteiger partial charge in [-0.15, -0.1) is 0 Å². The van der Waals surface area contributed by atoms with Crippen molar-refractivity contribution in [1.29, 1.82) is 0 Å². The molecule has 1 heterocycles. The predicted octanol–water partition coefficient (Wildman–Crippen LogP) is 2.43. The van der Waals surface area contributed by atoms with Gasteiger partial charge in [-0.1, -0.05) is 19.1 Å². The smallest absolute Gasteiger partial charge is 0.119 e. The Bertz CT molecular complexity index is 519. The second kappa shape index (κ2) is 6.05. The molecule has 106 valence electrons. The van der Waals surface area contributed by atoms with Gasteiger partial charge in [-0.05, 0) is 43.5 Å². The molecule has 0 radical (unpaired) electrons. The fourth-order valence-electron chi connectivity index (χ4n) is 2.15. The van der Waals surface area contributed by atoms with E-state index < -0.39 is 0 Å². The Labute approximate surface area is 118 Å². The number of aromatic amines is 1. The van der Waals surface area contributed by atoms with Crippen LogP contribution in [-0.4, -0.2) is 28.1 Å². The van der Waals surface area contributed by atoms with Crippen molar-refractivity contribution < 1.29 is 4.74 Å². The monoisotopic (exact) mass is 272 g/mol. The van der Waals surface area contributed by atoms with E-state index in [0.29, 0.717) is 6.10 Å². The van der Waals surface area contributed by atoms with Crippen molar-refractivity contribution in [2.75, 3.05) is 6.54 Å². The van der Waals surface area contributed by atoms with Crippen LogP contribution in [0.2, 0.25) is 0 Å². The molecule has 0 aliphatic heterocycles. The molecule has 1 aromatic heterocycles. The maximum Gasteiger partial charge on any atom is 0.119 e. The number of hydrogen-bond acceptors (Lipinski definition) is 4. The number of benzene rings is 1. The maximum absolute atomic E-state index is 5.78. The maximum atomic E-state index is 5.78. The Balaban J connectivity index is 1.75. The summed E-state index contributed by atoms with van der Waals surface area (Å²) in [5.41, 5.74) is 2.09. The van der Waals surface area contributed by atoms with E-state index in [1.807, 2.05) is 12.1 Å². The molecule has 0 saturated heterocycles. The molecule has 1 aromatic carbocycles. The van der Waals surface area contributed by atoms with E-state index in [-0.39, 0.29) is 6.04 Å². The normalized spacial score (nSPS) is 16.1. The predicted molar refractivity (Wildman–Crippen MR) is 76.6 cm³/mol. The number of aromatic nitrogens is 3. The zero-order chi connectivity index (χ0) is 13.8. The van der Waals surface area contributed by atoms with Gasteiger partial charge in [0, 0.05) is 0 Å². The SMILES string of the molecule is CCCNC(c1ccc(OC2CC2)cc1)c1cn[nH]n1. The highest BCUT2D eigenvalue weighted by Crippen LogP contribution is 2.28. The summed E-state index contributed by atoms with van der Waals surface area (Å²) < 4.78 is 5.78. The van der Waals surface area contributed by atoms with Gasteiger partial charge in [0.05, 0.1) is 18.3 Å². The van der Waals surface area contributed by atoms with E-state index in [4.69, 9.17) is 4.74 Å². The second-order valence-corrected chi connectivity index (χ2v) is 5.17. The van der Waals surface area contributed by atoms with Gasteiger partial charge in [0.1, 0.15) is 11.4 Å². The molecule has 20 heavy (non-hydrogen) atoms. The average Bonchev–Trinajstić information content (AvgIpc) is 3.12. The van der Waals surface area contributed by atoms with Crippen molar-refractivity contribution in [2.24, 2.45) is 0 Å². The minimum absolute atomic E-state index is 0.0728. The summed E-state index contributed by atoms with van der Waals surface area (Å²) in [6.45, 7) is 3.09. The summed E-state index contributed by atoms with van der Waals surface area (Å²) in [5.74, 6) is 0.950. The van der Waals surface area contributed by atoms with E-state index in [0.717, 1.165) is 24.4 Å². The van der Waals surface area contributed by atoms with Gasteiger partial charge in [0.15, 0.2) is 0 Å². The first-order chi connectivity index (χ1) is 9.86. The highest BCUT2D eigenvalue weighted by atomic mass is 16.5. The lowest BCUT2D eigenvalue weighted by molar-refractivity contribution is 0.303. The van der Waals surface area contributed by atoms with Crippen LogP contribution in [-0.2, 0) is 0 Å². The second-order valence-electron chi connectivity index (χ2n) is 5.17. The summed E-state index contributed by atoms with van der Waals surface area (Å²) >= 11 is 0. The highest BCUT2D eigenvalue weighted by Gasteiger charge is 2.23. The molecule has 5 nitrogen and oxygen atoms in total. The Kier molecular flexibility index (Phi) is 3.97. The summed E-state index contributed by atoms with van der Waals surface area (Å²) in [6, 6.07) is 8.34. The fourth-order valence-corrected chi connectivity index (χ4v) is 2.15. The molecule has 3 rings (SSSR count). The number of nitrogens with zero attached hydrogens (tertiary/aromatic N) is 2. The summed E-state index contributed by atoms with van der Waals surface area (Å²) in [6.07, 6.45) is 5.65. The molecule has 2 N–H and O–H groups in total. The van der Waals surface area contributed by atoms with Crippen LogP contribution in [0.1, 0.15) is 43.5 Å². The molecule has 1 fully saturated rings. The summed E-state index contributed by atoms with van der Waals surface area (Å²) in [7, 11) is 0. The van der Waals surface area contributed by atoms with Crippen LogP contribution in [0.25, 0.3) is 0 Å². The van der Waals surface area contributed by atoms with Crippen molar-refractivity contribution >= 4 is 0 Å². The van der Waals surface area contributed by atoms with Gasteiger partial charge < -0.3 is 10.1 Å². The molecule has 0 spiro atoms. The number of hydrogen-bond donors (Lipinski definition) is 2. The molecule has 0 amide bonds. The molecule has 1 aliphatic rings. The number of H-pyrrole nitrogens is 1. The third-order valence-electron chi connectivity index (χ3n) is 3.37. The minimum Gasteiger partial charge on any atom is -0.490 e. The molecule has 0 bridgehead atoms. The molecule has 2 aromatic rings. The van der Waals surface area contributed by atoms with E-state index in [1.54, 1.807) is 6.20 Å². The average molecular weight is 272 g/mol. The molecule has 1 atom stereocenters. The largest absolute Gasteiger partial charge is 0.490 e. The molecule has 5 heteroatoms. The first-order valence-electron chi connectivity index (χ1n) is 7.22. The van der Waals surface area contributed by atoms with Crippen molar-refractivity contribution in [3.8, 4) is 5.75 Å². The first-order valence-corrected chi connectivity index (χ1v) is 7.22. The van der Waals surface area contributed by atoms with Gasteiger partial charge in [0.2, 0.25) is 0 Å². The number of nitrogens with one attached hydrogen (secondary N) is 2. The summed E-state index contributed by atoms with van der Waals surface area (Å²) in [4.78, 5) is 0. The molecular formula is C15H20N4O. The Hall–Kier alpha value is -1.88. The third-order valence-corrected chi connectivity index (χ3v) is 3.37. The number of ether oxygens (including phenoxy) is 1. The quantitative estimate of drug-likeness (QED) is 0.812. The van der Waals surface area contributed by atoms with Crippen molar-refractivity contribution in [3.05, 3.63) is 41.7 Å². The fraction of sp³-hybridized carbons (Fsp3) is 0.467. The molecular weight excluding hydrogens is 252 g/mol. The van der Waals surface area contributed by atoms with E-state index in [2.05, 4.69) is 39.8 Å². The third kappa shape index (κ3) is 3.17. The number of rotatable bonds is 7. The van der Waals surface area contributed by atoms with Crippen LogP contribution in [0.4, 0.5) is 0 Å². The standard InChI is InChI=1S/C15H20N4O/c1-2-9-16-15(14-10-17-19-18-14)11-3-5-12(6-4-11)20-13-7-8-13/h3-6,10,13,15-16H,2,7-9H2,1H3,(H,17,18,19). The van der Waals surface area contributed by atoms with E-state index >= 15 is 0 Å². The van der Waals surface area contributed by atoms with Gasteiger partial charge in [-0.25, -0.2) is 0 Å². The van der Waals surface area contributed by atoms with E-state index in [9.17, 15) is 0 Å². The van der Waals surface area contributed by atoms with Crippen molar-refractivity contribution in [3.63, 3.8) is 0 Å². The Morgan fingerprint density at radius 3 is 2.75 bits per heavy atom. The van der Waals surface area contributed by atoms with Crippen LogP contribution < -0.4 is 10.1 Å². The van der Waals surface area contributed by atoms with Crippen molar-refractivity contribution in [1.82, 2.24) is 20.7 Å². The Morgan fingerprint density at radius 1 is 1.35 bits per heavy atom. The highest BCUT2D eigenvalue weighted by molar-refractivity contribution is 5.33. The van der Waals surface area contributed by atoms with Gasteiger partial charge in [-0.3, -0.25) is 0 Å². The van der Waals surface area contributed by atoms with Crippen LogP contribution in [0.5, 0.6) is 5.75 Å². The lowest BCUT2D eigenvalue weighted by Crippen LogP contribution is -2.23.